The van der Waals surface area contributed by atoms with Gasteiger partial charge < -0.3 is 0 Å². The zero-order valence-corrected chi connectivity index (χ0v) is 10.2. The Morgan fingerprint density at radius 1 is 1.41 bits per heavy atom. The minimum Gasteiger partial charge on any atom is -0.289 e. The van der Waals surface area contributed by atoms with Crippen molar-refractivity contribution in [3.63, 3.8) is 0 Å². The Hall–Kier alpha value is -1.88. The number of rotatable bonds is 2. The van der Waals surface area contributed by atoms with Gasteiger partial charge in [-0.05, 0) is 25.5 Å². The van der Waals surface area contributed by atoms with Crippen LogP contribution in [0.1, 0.15) is 21.7 Å². The number of halogens is 1. The van der Waals surface area contributed by atoms with Gasteiger partial charge in [-0.15, -0.1) is 5.10 Å². The molecule has 6 heteroatoms. The molecule has 0 unspecified atom stereocenters. The van der Waals surface area contributed by atoms with Crippen molar-refractivity contribution in [3.8, 4) is 0 Å². The predicted molar refractivity (Wildman–Crippen MR) is 65.3 cm³/mol. The second-order valence-corrected chi connectivity index (χ2v) is 4.01. The first-order valence-electron chi connectivity index (χ1n) is 5.03. The van der Waals surface area contributed by atoms with Gasteiger partial charge in [0.15, 0.2) is 0 Å². The van der Waals surface area contributed by atoms with E-state index in [9.17, 15) is 4.79 Å². The Kier molecular flexibility index (Phi) is 3.10. The molecule has 88 valence electrons. The van der Waals surface area contributed by atoms with Crippen molar-refractivity contribution in [1.29, 1.82) is 0 Å². The van der Waals surface area contributed by atoms with Crippen molar-refractivity contribution in [1.82, 2.24) is 15.2 Å². The van der Waals surface area contributed by atoms with Crippen LogP contribution in [0.5, 0.6) is 0 Å². The average Bonchev–Trinajstić information content (AvgIpc) is 2.68. The monoisotopic (exact) mass is 250 g/mol. The highest BCUT2D eigenvalue weighted by atomic mass is 35.5. The second kappa shape index (κ2) is 4.55. The third-order valence-corrected chi connectivity index (χ3v) is 2.76. The second-order valence-electron chi connectivity index (χ2n) is 3.64. The molecule has 1 aromatic heterocycles. The van der Waals surface area contributed by atoms with Crippen molar-refractivity contribution in [2.45, 2.75) is 13.8 Å². The first-order valence-corrected chi connectivity index (χ1v) is 5.41. The van der Waals surface area contributed by atoms with E-state index in [2.05, 4.69) is 20.5 Å². The summed E-state index contributed by atoms with van der Waals surface area (Å²) in [5.41, 5.74) is 1.26. The Balaban J connectivity index is 2.23. The number of aromatic amines is 1. The molecule has 5 nitrogen and oxygen atoms in total. The highest BCUT2D eigenvalue weighted by Gasteiger charge is 2.13. The number of carbonyl (C=O) groups is 1. The minimum absolute atomic E-state index is 0.241. The molecular formula is C11H11ClN4O. The van der Waals surface area contributed by atoms with E-state index >= 15 is 0 Å². The number of nitrogens with zero attached hydrogens (tertiary/aromatic N) is 2. The van der Waals surface area contributed by atoms with Gasteiger partial charge in [-0.25, -0.2) is 0 Å². The predicted octanol–water partition coefficient (Wildman–Crippen LogP) is 2.33. The van der Waals surface area contributed by atoms with E-state index in [4.69, 9.17) is 11.6 Å². The van der Waals surface area contributed by atoms with Gasteiger partial charge in [0, 0.05) is 0 Å². The molecule has 0 spiro atoms. The molecule has 0 saturated carbocycles. The van der Waals surface area contributed by atoms with Gasteiger partial charge >= 0.3 is 0 Å². The van der Waals surface area contributed by atoms with E-state index < -0.39 is 0 Å². The summed E-state index contributed by atoms with van der Waals surface area (Å²) in [4.78, 5) is 15.9. The van der Waals surface area contributed by atoms with E-state index in [0.717, 1.165) is 5.56 Å². The van der Waals surface area contributed by atoms with Crippen LogP contribution in [0.2, 0.25) is 5.02 Å². The van der Waals surface area contributed by atoms with Gasteiger partial charge in [0.25, 0.3) is 5.91 Å². The van der Waals surface area contributed by atoms with Crippen LogP contribution in [0.3, 0.4) is 0 Å². The van der Waals surface area contributed by atoms with Crippen molar-refractivity contribution < 1.29 is 4.79 Å². The number of aromatic nitrogens is 3. The van der Waals surface area contributed by atoms with Crippen molar-refractivity contribution in [2.75, 3.05) is 5.32 Å². The van der Waals surface area contributed by atoms with E-state index in [0.29, 0.717) is 16.4 Å². The minimum atomic E-state index is -0.322. The molecule has 0 fully saturated rings. The molecule has 0 atom stereocenters. The van der Waals surface area contributed by atoms with Crippen molar-refractivity contribution >= 4 is 23.5 Å². The van der Waals surface area contributed by atoms with Crippen LogP contribution in [-0.4, -0.2) is 21.1 Å². The molecular weight excluding hydrogens is 240 g/mol. The fourth-order valence-corrected chi connectivity index (χ4v) is 1.60. The van der Waals surface area contributed by atoms with Crippen LogP contribution in [0.25, 0.3) is 0 Å². The van der Waals surface area contributed by atoms with Crippen molar-refractivity contribution in [3.05, 3.63) is 40.2 Å². The Bertz CT molecular complexity index is 564. The summed E-state index contributed by atoms with van der Waals surface area (Å²) in [5, 5.41) is 9.48. The number of amides is 1. The fourth-order valence-electron chi connectivity index (χ4n) is 1.39. The number of anilines is 1. The number of hydrogen-bond acceptors (Lipinski definition) is 3. The summed E-state index contributed by atoms with van der Waals surface area (Å²) in [7, 11) is 0. The number of benzene rings is 1. The SMILES string of the molecule is Cc1nc(NC(=O)c2cccc(C)c2Cl)n[nH]1. The van der Waals surface area contributed by atoms with Gasteiger partial charge in [-0.2, -0.15) is 4.98 Å². The summed E-state index contributed by atoms with van der Waals surface area (Å²) in [5.74, 6) is 0.554. The average molecular weight is 251 g/mol. The molecule has 0 bridgehead atoms. The fraction of sp³-hybridized carbons (Fsp3) is 0.182. The Labute approximate surface area is 103 Å². The summed E-state index contributed by atoms with van der Waals surface area (Å²) in [6.45, 7) is 3.60. The highest BCUT2D eigenvalue weighted by molar-refractivity contribution is 6.35. The topological polar surface area (TPSA) is 70.7 Å². The molecule has 1 amide bonds. The van der Waals surface area contributed by atoms with Crippen LogP contribution in [0.4, 0.5) is 5.95 Å². The molecule has 0 aliphatic rings. The van der Waals surface area contributed by atoms with E-state index in [1.807, 2.05) is 13.0 Å². The molecule has 0 radical (unpaired) electrons. The van der Waals surface area contributed by atoms with Crippen LogP contribution in [-0.2, 0) is 0 Å². The molecule has 2 N–H and O–H groups in total. The van der Waals surface area contributed by atoms with Crippen LogP contribution >= 0.6 is 11.6 Å². The molecule has 2 aromatic rings. The van der Waals surface area contributed by atoms with E-state index in [-0.39, 0.29) is 11.9 Å². The third-order valence-electron chi connectivity index (χ3n) is 2.26. The molecule has 0 aliphatic carbocycles. The number of H-pyrrole nitrogens is 1. The lowest BCUT2D eigenvalue weighted by Gasteiger charge is -2.05. The number of carbonyl (C=O) groups excluding carboxylic acids is 1. The Morgan fingerprint density at radius 2 is 2.18 bits per heavy atom. The first kappa shape index (κ1) is 11.6. The van der Waals surface area contributed by atoms with Crippen LogP contribution < -0.4 is 5.32 Å². The van der Waals surface area contributed by atoms with Gasteiger partial charge in [0.05, 0.1) is 10.6 Å². The summed E-state index contributed by atoms with van der Waals surface area (Å²) in [6.07, 6.45) is 0. The normalized spacial score (nSPS) is 10.3. The smallest absolute Gasteiger partial charge is 0.259 e. The molecule has 17 heavy (non-hydrogen) atoms. The molecule has 2 rings (SSSR count). The maximum absolute atomic E-state index is 11.9. The number of hydrogen-bond donors (Lipinski definition) is 2. The molecule has 1 heterocycles. The van der Waals surface area contributed by atoms with Crippen LogP contribution in [0.15, 0.2) is 18.2 Å². The largest absolute Gasteiger partial charge is 0.289 e. The summed E-state index contributed by atoms with van der Waals surface area (Å²) >= 11 is 6.05. The molecule has 0 saturated heterocycles. The zero-order valence-electron chi connectivity index (χ0n) is 9.41. The lowest BCUT2D eigenvalue weighted by Crippen LogP contribution is -2.13. The van der Waals surface area contributed by atoms with Gasteiger partial charge in [0.1, 0.15) is 5.82 Å². The first-order chi connectivity index (χ1) is 8.08. The lowest BCUT2D eigenvalue weighted by molar-refractivity contribution is 0.102. The van der Waals surface area contributed by atoms with E-state index in [1.165, 1.54) is 0 Å². The maximum Gasteiger partial charge on any atom is 0.259 e. The third kappa shape index (κ3) is 2.45. The standard InChI is InChI=1S/C11H11ClN4O/c1-6-4-3-5-8(9(6)12)10(17)14-11-13-7(2)15-16-11/h3-5H,1-2H3,(H2,13,14,15,16,17). The van der Waals surface area contributed by atoms with Crippen LogP contribution in [0, 0.1) is 13.8 Å². The van der Waals surface area contributed by atoms with Gasteiger partial charge in [0.2, 0.25) is 5.95 Å². The zero-order chi connectivity index (χ0) is 12.4. The summed E-state index contributed by atoms with van der Waals surface area (Å²) < 4.78 is 0. The highest BCUT2D eigenvalue weighted by Crippen LogP contribution is 2.20. The van der Waals surface area contributed by atoms with E-state index in [1.54, 1.807) is 19.1 Å². The molecule has 1 aromatic carbocycles. The quantitative estimate of drug-likeness (QED) is 0.859. The number of aryl methyl sites for hydroxylation is 2. The van der Waals surface area contributed by atoms with Gasteiger partial charge in [-0.3, -0.25) is 15.2 Å². The lowest BCUT2D eigenvalue weighted by atomic mass is 10.1. The Morgan fingerprint density at radius 3 is 2.82 bits per heavy atom. The maximum atomic E-state index is 11.9. The molecule has 0 aliphatic heterocycles. The summed E-state index contributed by atoms with van der Waals surface area (Å²) in [6, 6.07) is 5.28. The number of nitrogens with one attached hydrogen (secondary N) is 2. The van der Waals surface area contributed by atoms with Gasteiger partial charge in [-0.1, -0.05) is 23.7 Å². The van der Waals surface area contributed by atoms with Crippen molar-refractivity contribution in [2.24, 2.45) is 0 Å².